The molecule has 0 aromatic heterocycles. The number of hydrogen-bond donors (Lipinski definition) is 1. The zero-order valence-corrected chi connectivity index (χ0v) is 17.1. The summed E-state index contributed by atoms with van der Waals surface area (Å²) in [5, 5.41) is 3.55. The first-order chi connectivity index (χ1) is 12.6. The number of nitrogens with one attached hydrogen (secondary N) is 1. The molecule has 3 rings (SSSR count). The molecule has 7 heteroatoms. The zero-order valence-electron chi connectivity index (χ0n) is 15.6. The van der Waals surface area contributed by atoms with E-state index in [1.807, 2.05) is 25.1 Å². The van der Waals surface area contributed by atoms with E-state index in [4.69, 9.17) is 16.3 Å². The van der Waals surface area contributed by atoms with Gasteiger partial charge in [0.2, 0.25) is 0 Å². The number of benzene rings is 2. The third-order valence-corrected chi connectivity index (χ3v) is 4.78. The molecule has 2 aromatic carbocycles. The monoisotopic (exact) mass is 409 g/mol. The molecule has 0 saturated carbocycles. The van der Waals surface area contributed by atoms with E-state index in [1.165, 1.54) is 0 Å². The number of hydrogen-bond acceptors (Lipinski definition) is 4. The van der Waals surface area contributed by atoms with Crippen molar-refractivity contribution in [1.29, 1.82) is 0 Å². The molecule has 1 heterocycles. The van der Waals surface area contributed by atoms with Crippen LogP contribution in [0.3, 0.4) is 0 Å². The Hall–Kier alpha value is -1.95. The molecule has 1 fully saturated rings. The van der Waals surface area contributed by atoms with Crippen LogP contribution in [0.2, 0.25) is 5.02 Å². The van der Waals surface area contributed by atoms with Crippen molar-refractivity contribution in [2.45, 2.75) is 6.92 Å². The minimum atomic E-state index is -0.170. The second-order valence-electron chi connectivity index (χ2n) is 6.37. The number of rotatable bonds is 5. The van der Waals surface area contributed by atoms with Crippen molar-refractivity contribution in [2.75, 3.05) is 50.1 Å². The molecule has 1 N–H and O–H groups in total. The Morgan fingerprint density at radius 2 is 1.78 bits per heavy atom. The van der Waals surface area contributed by atoms with Gasteiger partial charge in [0.1, 0.15) is 5.75 Å². The molecular formula is C20H25Cl2N3O2. The number of piperazine rings is 1. The first-order valence-electron chi connectivity index (χ1n) is 8.84. The number of carbonyl (C=O) groups excluding carboxylic acids is 1. The summed E-state index contributed by atoms with van der Waals surface area (Å²) >= 11 is 6.46. The lowest BCUT2D eigenvalue weighted by molar-refractivity contribution is 0.102. The molecule has 0 bridgehead atoms. The second kappa shape index (κ2) is 9.83. The van der Waals surface area contributed by atoms with E-state index in [1.54, 1.807) is 24.3 Å². The number of halogens is 2. The summed E-state index contributed by atoms with van der Waals surface area (Å²) in [4.78, 5) is 17.0. The predicted octanol–water partition coefficient (Wildman–Crippen LogP) is 4.16. The van der Waals surface area contributed by atoms with E-state index < -0.39 is 0 Å². The normalized spacial score (nSPS) is 14.4. The lowest BCUT2D eigenvalue weighted by atomic mass is 10.2. The van der Waals surface area contributed by atoms with Crippen molar-refractivity contribution >= 4 is 41.3 Å². The first kappa shape index (κ1) is 21.4. The van der Waals surface area contributed by atoms with E-state index >= 15 is 0 Å². The van der Waals surface area contributed by atoms with E-state index in [0.717, 1.165) is 37.6 Å². The van der Waals surface area contributed by atoms with Gasteiger partial charge < -0.3 is 19.9 Å². The maximum atomic E-state index is 12.4. The van der Waals surface area contributed by atoms with Crippen LogP contribution in [0.1, 0.15) is 17.3 Å². The van der Waals surface area contributed by atoms with Crippen molar-refractivity contribution in [1.82, 2.24) is 4.90 Å². The van der Waals surface area contributed by atoms with Gasteiger partial charge in [0.25, 0.3) is 5.91 Å². The highest BCUT2D eigenvalue weighted by atomic mass is 35.5. The minimum absolute atomic E-state index is 0. The van der Waals surface area contributed by atoms with Crippen LogP contribution in [0.15, 0.2) is 42.5 Å². The van der Waals surface area contributed by atoms with Gasteiger partial charge in [-0.1, -0.05) is 11.6 Å². The van der Waals surface area contributed by atoms with Gasteiger partial charge in [0.05, 0.1) is 17.3 Å². The molecule has 1 amide bonds. The highest BCUT2D eigenvalue weighted by molar-refractivity contribution is 6.33. The summed E-state index contributed by atoms with van der Waals surface area (Å²) in [6.07, 6.45) is 0. The van der Waals surface area contributed by atoms with Crippen molar-refractivity contribution in [3.63, 3.8) is 0 Å². The van der Waals surface area contributed by atoms with E-state index in [-0.39, 0.29) is 18.3 Å². The number of ether oxygens (including phenoxy) is 1. The third kappa shape index (κ3) is 5.51. The van der Waals surface area contributed by atoms with Gasteiger partial charge in [-0.3, -0.25) is 4.79 Å². The fraction of sp³-hybridized carbons (Fsp3) is 0.350. The lowest BCUT2D eigenvalue weighted by Gasteiger charge is -2.34. The summed E-state index contributed by atoms with van der Waals surface area (Å²) < 4.78 is 5.40. The third-order valence-electron chi connectivity index (χ3n) is 4.48. The maximum absolute atomic E-state index is 12.4. The molecule has 2 aromatic rings. The van der Waals surface area contributed by atoms with Crippen LogP contribution in [0.4, 0.5) is 11.4 Å². The van der Waals surface area contributed by atoms with Gasteiger partial charge in [-0.15, -0.1) is 12.4 Å². The summed E-state index contributed by atoms with van der Waals surface area (Å²) in [6, 6.07) is 12.8. The van der Waals surface area contributed by atoms with Crippen LogP contribution < -0.4 is 15.0 Å². The van der Waals surface area contributed by atoms with Crippen molar-refractivity contribution < 1.29 is 9.53 Å². The van der Waals surface area contributed by atoms with Crippen LogP contribution in [-0.2, 0) is 0 Å². The highest BCUT2D eigenvalue weighted by Gasteiger charge is 2.17. The number of anilines is 2. The number of likely N-dealkylation sites (N-methyl/N-ethyl adjacent to an activating group) is 1. The Labute approximate surface area is 171 Å². The number of amides is 1. The average Bonchev–Trinajstić information content (AvgIpc) is 2.64. The minimum Gasteiger partial charge on any atom is -0.494 e. The van der Waals surface area contributed by atoms with E-state index in [2.05, 4.69) is 22.2 Å². The van der Waals surface area contributed by atoms with Gasteiger partial charge in [0.15, 0.2) is 0 Å². The van der Waals surface area contributed by atoms with E-state index in [0.29, 0.717) is 22.9 Å². The fourth-order valence-electron chi connectivity index (χ4n) is 2.96. The Balaban J connectivity index is 0.00000261. The maximum Gasteiger partial charge on any atom is 0.255 e. The highest BCUT2D eigenvalue weighted by Crippen LogP contribution is 2.29. The Kier molecular flexibility index (Phi) is 7.78. The summed E-state index contributed by atoms with van der Waals surface area (Å²) in [6.45, 7) is 6.47. The van der Waals surface area contributed by atoms with Crippen LogP contribution in [0, 0.1) is 0 Å². The van der Waals surface area contributed by atoms with Crippen LogP contribution in [0.5, 0.6) is 5.75 Å². The molecular weight excluding hydrogens is 385 g/mol. The van der Waals surface area contributed by atoms with Gasteiger partial charge >= 0.3 is 0 Å². The van der Waals surface area contributed by atoms with Gasteiger partial charge in [0, 0.05) is 37.4 Å². The zero-order chi connectivity index (χ0) is 18.5. The molecule has 0 radical (unpaired) electrons. The largest absolute Gasteiger partial charge is 0.494 e. The quantitative estimate of drug-likeness (QED) is 0.804. The topological polar surface area (TPSA) is 44.8 Å². The van der Waals surface area contributed by atoms with Crippen molar-refractivity contribution in [3.05, 3.63) is 53.1 Å². The molecule has 0 aliphatic carbocycles. The SMILES string of the molecule is CCOc1ccc(C(=O)Nc2ccc(N3CCN(C)CC3)c(Cl)c2)cc1.Cl. The smallest absolute Gasteiger partial charge is 0.255 e. The lowest BCUT2D eigenvalue weighted by Crippen LogP contribution is -2.44. The molecule has 1 aliphatic rings. The molecule has 0 unspecified atom stereocenters. The number of nitrogens with zero attached hydrogens (tertiary/aromatic N) is 2. The Morgan fingerprint density at radius 3 is 2.37 bits per heavy atom. The van der Waals surface area contributed by atoms with Crippen molar-refractivity contribution in [2.24, 2.45) is 0 Å². The summed E-state index contributed by atoms with van der Waals surface area (Å²) in [5.41, 5.74) is 2.28. The average molecular weight is 410 g/mol. The second-order valence-corrected chi connectivity index (χ2v) is 6.78. The van der Waals surface area contributed by atoms with E-state index in [9.17, 15) is 4.79 Å². The molecule has 1 saturated heterocycles. The predicted molar refractivity (Wildman–Crippen MR) is 114 cm³/mol. The standard InChI is InChI=1S/C20H24ClN3O2.ClH/c1-3-26-17-7-4-15(5-8-17)20(25)22-16-6-9-19(18(21)14-16)24-12-10-23(2)11-13-24;/h4-9,14H,3,10-13H2,1-2H3,(H,22,25);1H. The Bertz CT molecular complexity index is 760. The van der Waals surface area contributed by atoms with Gasteiger partial charge in [-0.25, -0.2) is 0 Å². The molecule has 146 valence electrons. The fourth-order valence-corrected chi connectivity index (χ4v) is 3.26. The molecule has 1 aliphatic heterocycles. The molecule has 0 atom stereocenters. The van der Waals surface area contributed by atoms with Crippen LogP contribution in [0.25, 0.3) is 0 Å². The van der Waals surface area contributed by atoms with Crippen LogP contribution >= 0.6 is 24.0 Å². The van der Waals surface area contributed by atoms with Crippen molar-refractivity contribution in [3.8, 4) is 5.75 Å². The van der Waals surface area contributed by atoms with Gasteiger partial charge in [-0.05, 0) is 56.4 Å². The summed E-state index contributed by atoms with van der Waals surface area (Å²) in [5.74, 6) is 0.583. The molecule has 0 spiro atoms. The molecule has 27 heavy (non-hydrogen) atoms. The first-order valence-corrected chi connectivity index (χ1v) is 9.22. The Morgan fingerprint density at radius 1 is 1.11 bits per heavy atom. The molecule has 5 nitrogen and oxygen atoms in total. The number of carbonyl (C=O) groups is 1. The van der Waals surface area contributed by atoms with Crippen LogP contribution in [-0.4, -0.2) is 50.6 Å². The summed E-state index contributed by atoms with van der Waals surface area (Å²) in [7, 11) is 2.12. The van der Waals surface area contributed by atoms with Gasteiger partial charge in [-0.2, -0.15) is 0 Å².